The second-order valence-electron chi connectivity index (χ2n) is 7.51. The number of carbonyl (C=O) groups is 2. The number of aliphatic hydroxyl groups is 1. The number of nitrogens with one attached hydrogen (secondary N) is 2. The van der Waals surface area contributed by atoms with Gasteiger partial charge in [0.25, 0.3) is 5.91 Å². The van der Waals surface area contributed by atoms with Gasteiger partial charge in [-0.3, -0.25) is 9.59 Å². The summed E-state index contributed by atoms with van der Waals surface area (Å²) >= 11 is 0. The summed E-state index contributed by atoms with van der Waals surface area (Å²) in [6.45, 7) is 1.79. The van der Waals surface area contributed by atoms with E-state index in [2.05, 4.69) is 22.1 Å². The summed E-state index contributed by atoms with van der Waals surface area (Å²) in [7, 11) is 0. The summed E-state index contributed by atoms with van der Waals surface area (Å²) in [5.41, 5.74) is 8.51. The SMILES string of the molecule is CCCC(C#Cc1cccc(C(=O)N[C@@H](CO)Cc2c[nH]c3ccccc23)c1)C(N)=O. The average Bonchev–Trinajstić information content (AvgIpc) is 3.19. The lowest BCUT2D eigenvalue weighted by Gasteiger charge is -2.16. The van der Waals surface area contributed by atoms with Crippen molar-refractivity contribution >= 4 is 22.7 Å². The molecule has 0 bridgehead atoms. The number of aromatic amines is 1. The van der Waals surface area contributed by atoms with Crippen LogP contribution in [0, 0.1) is 17.8 Å². The summed E-state index contributed by atoms with van der Waals surface area (Å²) in [4.78, 5) is 27.4. The van der Waals surface area contributed by atoms with Gasteiger partial charge in [-0.2, -0.15) is 0 Å². The van der Waals surface area contributed by atoms with Crippen molar-refractivity contribution in [2.45, 2.75) is 32.2 Å². The molecule has 6 nitrogen and oxygen atoms in total. The predicted molar refractivity (Wildman–Crippen MR) is 121 cm³/mol. The van der Waals surface area contributed by atoms with Crippen LogP contribution in [0.1, 0.15) is 41.3 Å². The monoisotopic (exact) mass is 417 g/mol. The van der Waals surface area contributed by atoms with Crippen LogP contribution in [0.5, 0.6) is 0 Å². The predicted octanol–water partition coefficient (Wildman–Crippen LogP) is 2.75. The van der Waals surface area contributed by atoms with E-state index >= 15 is 0 Å². The largest absolute Gasteiger partial charge is 0.394 e. The zero-order valence-electron chi connectivity index (χ0n) is 17.5. The Morgan fingerprint density at radius 2 is 2.00 bits per heavy atom. The quantitative estimate of drug-likeness (QED) is 0.423. The zero-order valence-corrected chi connectivity index (χ0v) is 17.5. The Balaban J connectivity index is 1.71. The first-order chi connectivity index (χ1) is 15.0. The molecule has 6 heteroatoms. The van der Waals surface area contributed by atoms with Crippen molar-refractivity contribution in [1.29, 1.82) is 0 Å². The van der Waals surface area contributed by atoms with Gasteiger partial charge >= 0.3 is 0 Å². The molecule has 0 saturated carbocycles. The number of amides is 2. The molecule has 2 atom stereocenters. The highest BCUT2D eigenvalue weighted by atomic mass is 16.3. The Kier molecular flexibility index (Phi) is 7.47. The van der Waals surface area contributed by atoms with Crippen molar-refractivity contribution < 1.29 is 14.7 Å². The maximum absolute atomic E-state index is 12.8. The Bertz CT molecular complexity index is 1120. The molecule has 2 aromatic carbocycles. The van der Waals surface area contributed by atoms with Crippen LogP contribution in [0.4, 0.5) is 0 Å². The first kappa shape index (κ1) is 22.1. The second kappa shape index (κ2) is 10.5. The minimum atomic E-state index is -0.502. The number of primary amides is 1. The third kappa shape index (κ3) is 5.74. The standard InChI is InChI=1S/C25H27N3O3/c1-2-6-18(24(26)30)12-11-17-7-5-8-19(13-17)25(31)28-21(16-29)14-20-15-27-23-10-4-3-9-22(20)23/h3-5,7-10,13,15,18,21,27,29H,2,6,14,16H2,1H3,(H2,26,30)(H,28,31)/t18?,21-/m1/s1. The zero-order chi connectivity index (χ0) is 22.2. The van der Waals surface area contributed by atoms with Crippen molar-refractivity contribution in [3.05, 3.63) is 71.4 Å². The highest BCUT2D eigenvalue weighted by molar-refractivity contribution is 5.95. The van der Waals surface area contributed by atoms with Crippen LogP contribution < -0.4 is 11.1 Å². The van der Waals surface area contributed by atoms with Gasteiger partial charge in [-0.05, 0) is 42.7 Å². The smallest absolute Gasteiger partial charge is 0.251 e. The minimum Gasteiger partial charge on any atom is -0.394 e. The van der Waals surface area contributed by atoms with Crippen LogP contribution in [-0.2, 0) is 11.2 Å². The molecule has 2 amide bonds. The molecular weight excluding hydrogens is 390 g/mol. The molecule has 0 spiro atoms. The lowest BCUT2D eigenvalue weighted by atomic mass is 10.0. The normalized spacial score (nSPS) is 12.6. The molecule has 31 heavy (non-hydrogen) atoms. The van der Waals surface area contributed by atoms with Gasteiger partial charge in [0.2, 0.25) is 5.91 Å². The van der Waals surface area contributed by atoms with E-state index in [-0.39, 0.29) is 12.5 Å². The first-order valence-corrected chi connectivity index (χ1v) is 10.4. The summed E-state index contributed by atoms with van der Waals surface area (Å²) in [6, 6.07) is 14.4. The topological polar surface area (TPSA) is 108 Å². The molecule has 0 aliphatic rings. The molecular formula is C25H27N3O3. The molecule has 0 radical (unpaired) electrons. The number of para-hydroxylation sites is 1. The Labute approximate surface area is 181 Å². The number of aliphatic hydroxyl groups excluding tert-OH is 1. The van der Waals surface area contributed by atoms with Gasteiger partial charge in [0.05, 0.1) is 18.6 Å². The number of carbonyl (C=O) groups excluding carboxylic acids is 2. The Morgan fingerprint density at radius 3 is 2.74 bits per heavy atom. The first-order valence-electron chi connectivity index (χ1n) is 10.4. The molecule has 5 N–H and O–H groups in total. The van der Waals surface area contributed by atoms with Gasteiger partial charge < -0.3 is 21.1 Å². The molecule has 1 unspecified atom stereocenters. The number of benzene rings is 2. The molecule has 0 fully saturated rings. The highest BCUT2D eigenvalue weighted by Crippen LogP contribution is 2.19. The second-order valence-corrected chi connectivity index (χ2v) is 7.51. The van der Waals surface area contributed by atoms with E-state index in [1.165, 1.54) is 0 Å². The van der Waals surface area contributed by atoms with Crippen molar-refractivity contribution in [2.24, 2.45) is 11.7 Å². The Hall–Kier alpha value is -3.56. The van der Waals surface area contributed by atoms with Crippen LogP contribution in [0.3, 0.4) is 0 Å². The molecule has 0 aliphatic heterocycles. The van der Waals surface area contributed by atoms with Crippen molar-refractivity contribution in [3.63, 3.8) is 0 Å². The van der Waals surface area contributed by atoms with E-state index in [0.717, 1.165) is 22.9 Å². The molecule has 1 aromatic heterocycles. The average molecular weight is 418 g/mol. The fourth-order valence-corrected chi connectivity index (χ4v) is 3.48. The maximum Gasteiger partial charge on any atom is 0.251 e. The van der Waals surface area contributed by atoms with Gasteiger partial charge in [-0.25, -0.2) is 0 Å². The molecule has 3 rings (SSSR count). The molecule has 0 aliphatic carbocycles. The van der Waals surface area contributed by atoms with Crippen LogP contribution in [0.15, 0.2) is 54.7 Å². The van der Waals surface area contributed by atoms with Crippen LogP contribution in [0.2, 0.25) is 0 Å². The van der Waals surface area contributed by atoms with Crippen LogP contribution >= 0.6 is 0 Å². The third-order valence-corrected chi connectivity index (χ3v) is 5.13. The van der Waals surface area contributed by atoms with Crippen LogP contribution in [0.25, 0.3) is 10.9 Å². The van der Waals surface area contributed by atoms with E-state index in [0.29, 0.717) is 24.0 Å². The number of hydrogen-bond donors (Lipinski definition) is 4. The summed E-state index contributed by atoms with van der Waals surface area (Å²) in [5, 5.41) is 13.8. The van der Waals surface area contributed by atoms with E-state index in [4.69, 9.17) is 5.73 Å². The summed E-state index contributed by atoms with van der Waals surface area (Å²) < 4.78 is 0. The summed E-state index contributed by atoms with van der Waals surface area (Å²) in [5.74, 6) is 4.62. The van der Waals surface area contributed by atoms with Crippen molar-refractivity contribution in [2.75, 3.05) is 6.61 Å². The fourth-order valence-electron chi connectivity index (χ4n) is 3.48. The number of aromatic nitrogens is 1. The molecule has 0 saturated heterocycles. The van der Waals surface area contributed by atoms with Gasteiger partial charge in [0.15, 0.2) is 0 Å². The van der Waals surface area contributed by atoms with E-state index < -0.39 is 17.9 Å². The fraction of sp³-hybridized carbons (Fsp3) is 0.280. The highest BCUT2D eigenvalue weighted by Gasteiger charge is 2.16. The number of H-pyrrole nitrogens is 1. The maximum atomic E-state index is 12.8. The number of fused-ring (bicyclic) bond motifs is 1. The third-order valence-electron chi connectivity index (χ3n) is 5.13. The molecule has 160 valence electrons. The van der Waals surface area contributed by atoms with E-state index in [1.807, 2.05) is 37.4 Å². The Morgan fingerprint density at radius 1 is 1.19 bits per heavy atom. The van der Waals surface area contributed by atoms with Gasteiger partial charge in [-0.1, -0.05) is 49.5 Å². The molecule has 1 heterocycles. The number of hydrogen-bond acceptors (Lipinski definition) is 3. The van der Waals surface area contributed by atoms with Crippen molar-refractivity contribution in [3.8, 4) is 11.8 Å². The van der Waals surface area contributed by atoms with Gasteiger partial charge in [0.1, 0.15) is 0 Å². The van der Waals surface area contributed by atoms with Gasteiger partial charge in [0, 0.05) is 28.2 Å². The van der Waals surface area contributed by atoms with Crippen molar-refractivity contribution in [1.82, 2.24) is 10.3 Å². The lowest BCUT2D eigenvalue weighted by Crippen LogP contribution is -2.39. The minimum absolute atomic E-state index is 0.179. The summed E-state index contributed by atoms with van der Waals surface area (Å²) in [6.07, 6.45) is 3.82. The number of nitrogens with two attached hydrogens (primary N) is 1. The van der Waals surface area contributed by atoms with E-state index in [1.54, 1.807) is 24.3 Å². The van der Waals surface area contributed by atoms with Gasteiger partial charge in [-0.15, -0.1) is 0 Å². The number of rotatable bonds is 8. The molecule has 3 aromatic rings. The lowest BCUT2D eigenvalue weighted by molar-refractivity contribution is -0.120. The van der Waals surface area contributed by atoms with E-state index in [9.17, 15) is 14.7 Å². The van der Waals surface area contributed by atoms with Crippen LogP contribution in [-0.4, -0.2) is 34.6 Å².